The first-order valence-electron chi connectivity index (χ1n) is 11.2. The van der Waals surface area contributed by atoms with Crippen molar-refractivity contribution in [3.63, 3.8) is 0 Å². The minimum Gasteiger partial charge on any atom is -0.466 e. The van der Waals surface area contributed by atoms with Crippen molar-refractivity contribution in [3.8, 4) is 11.1 Å². The van der Waals surface area contributed by atoms with Crippen molar-refractivity contribution in [2.24, 2.45) is 0 Å². The maximum atomic E-state index is 13.6. The fraction of sp³-hybridized carbons (Fsp3) is 0.296. The van der Waals surface area contributed by atoms with E-state index >= 15 is 0 Å². The van der Waals surface area contributed by atoms with Crippen LogP contribution in [0, 0.1) is 5.82 Å². The second kappa shape index (κ2) is 10.0. The fourth-order valence-corrected chi connectivity index (χ4v) is 3.96. The fourth-order valence-electron chi connectivity index (χ4n) is 3.96. The number of aliphatic hydroxyl groups excluding tert-OH is 1. The first-order chi connectivity index (χ1) is 16.0. The van der Waals surface area contributed by atoms with Gasteiger partial charge in [-0.05, 0) is 43.5 Å². The number of nitrogens with zero attached hydrogens (tertiary/aromatic N) is 1. The third-order valence-electron chi connectivity index (χ3n) is 5.63. The van der Waals surface area contributed by atoms with Crippen molar-refractivity contribution in [3.05, 3.63) is 71.7 Å². The average Bonchev–Trinajstić information content (AvgIpc) is 3.63. The standard InChI is InChI=1S/C27H26FNO4/c1-2-33-25(32)16-21(31)15-20(30)13-14-23-26(17-9-11-19(28)12-10-17)22-5-3-4-6-24(22)29-27(23)18-7-8-18/h3-6,9-14,18,20,30H,2,7-8,15-16H2,1H3. The van der Waals surface area contributed by atoms with Crippen LogP contribution in [0.3, 0.4) is 0 Å². The number of carbonyl (C=O) groups is 2. The molecule has 0 saturated heterocycles. The van der Waals surface area contributed by atoms with Gasteiger partial charge < -0.3 is 9.84 Å². The summed E-state index contributed by atoms with van der Waals surface area (Å²) in [6.07, 6.45) is 3.85. The number of ether oxygens (including phenoxy) is 1. The van der Waals surface area contributed by atoms with E-state index in [2.05, 4.69) is 0 Å². The molecule has 1 saturated carbocycles. The smallest absolute Gasteiger partial charge is 0.313 e. The largest absolute Gasteiger partial charge is 0.466 e. The molecule has 3 aromatic rings. The Morgan fingerprint density at radius 3 is 2.61 bits per heavy atom. The molecule has 1 N–H and O–H groups in total. The number of Topliss-reactive ketones (excluding diaryl/α,β-unsaturated/α-hetero) is 1. The molecule has 1 aliphatic rings. The molecule has 0 spiro atoms. The van der Waals surface area contributed by atoms with E-state index in [9.17, 15) is 19.1 Å². The lowest BCUT2D eigenvalue weighted by atomic mass is 9.92. The molecule has 0 aliphatic heterocycles. The van der Waals surface area contributed by atoms with Gasteiger partial charge in [-0.2, -0.15) is 0 Å². The Balaban J connectivity index is 1.71. The van der Waals surface area contributed by atoms with Crippen molar-refractivity contribution in [2.45, 2.75) is 44.6 Å². The summed E-state index contributed by atoms with van der Waals surface area (Å²) in [5.41, 5.74) is 4.43. The second-order valence-corrected chi connectivity index (χ2v) is 8.24. The third kappa shape index (κ3) is 5.52. The molecule has 5 nitrogen and oxygen atoms in total. The van der Waals surface area contributed by atoms with E-state index in [0.29, 0.717) is 5.92 Å². The van der Waals surface area contributed by atoms with E-state index in [-0.39, 0.29) is 31.0 Å². The number of benzene rings is 2. The molecule has 4 rings (SSSR count). The number of carbonyl (C=O) groups excluding carboxylic acids is 2. The monoisotopic (exact) mass is 447 g/mol. The van der Waals surface area contributed by atoms with E-state index in [1.165, 1.54) is 12.1 Å². The number of aromatic nitrogens is 1. The van der Waals surface area contributed by atoms with Gasteiger partial charge in [0.1, 0.15) is 18.0 Å². The zero-order valence-electron chi connectivity index (χ0n) is 18.5. The topological polar surface area (TPSA) is 76.5 Å². The number of fused-ring (bicyclic) bond motifs is 1. The lowest BCUT2D eigenvalue weighted by molar-refractivity contribution is -0.145. The van der Waals surface area contributed by atoms with Crippen molar-refractivity contribution >= 4 is 28.7 Å². The van der Waals surface area contributed by atoms with Crippen LogP contribution in [0.15, 0.2) is 54.6 Å². The van der Waals surface area contributed by atoms with E-state index in [0.717, 1.165) is 46.1 Å². The Morgan fingerprint density at radius 1 is 1.18 bits per heavy atom. The Bertz CT molecular complexity index is 1200. The summed E-state index contributed by atoms with van der Waals surface area (Å²) in [5.74, 6) is -0.960. The molecule has 2 aromatic carbocycles. The molecule has 1 aromatic heterocycles. The molecule has 1 aliphatic carbocycles. The van der Waals surface area contributed by atoms with Gasteiger partial charge in [-0.3, -0.25) is 14.6 Å². The van der Waals surface area contributed by atoms with Crippen LogP contribution in [0.1, 0.15) is 49.8 Å². The van der Waals surface area contributed by atoms with Gasteiger partial charge in [0.25, 0.3) is 0 Å². The highest BCUT2D eigenvalue weighted by Gasteiger charge is 2.29. The number of rotatable bonds is 9. The predicted octanol–water partition coefficient (Wildman–Crippen LogP) is 5.20. The highest BCUT2D eigenvalue weighted by molar-refractivity contribution is 5.99. The molecular weight excluding hydrogens is 421 g/mol. The Kier molecular flexibility index (Phi) is 6.94. The molecule has 170 valence electrons. The third-order valence-corrected chi connectivity index (χ3v) is 5.63. The summed E-state index contributed by atoms with van der Waals surface area (Å²) >= 11 is 0. The van der Waals surface area contributed by atoms with Crippen LogP contribution in [0.2, 0.25) is 0 Å². The number of hydrogen-bond acceptors (Lipinski definition) is 5. The van der Waals surface area contributed by atoms with Crippen molar-refractivity contribution in [1.29, 1.82) is 0 Å². The minimum absolute atomic E-state index is 0.180. The highest BCUT2D eigenvalue weighted by atomic mass is 19.1. The van der Waals surface area contributed by atoms with Gasteiger partial charge in [0.2, 0.25) is 0 Å². The van der Waals surface area contributed by atoms with Gasteiger partial charge in [0.15, 0.2) is 0 Å². The van der Waals surface area contributed by atoms with Gasteiger partial charge in [-0.25, -0.2) is 4.39 Å². The maximum absolute atomic E-state index is 13.6. The summed E-state index contributed by atoms with van der Waals surface area (Å²) in [7, 11) is 0. The molecule has 0 radical (unpaired) electrons. The first kappa shape index (κ1) is 22.8. The lowest BCUT2D eigenvalue weighted by Gasteiger charge is -2.16. The number of pyridine rings is 1. The van der Waals surface area contributed by atoms with Crippen LogP contribution in [-0.2, 0) is 14.3 Å². The highest BCUT2D eigenvalue weighted by Crippen LogP contribution is 2.45. The molecule has 0 amide bonds. The predicted molar refractivity (Wildman–Crippen MR) is 125 cm³/mol. The van der Waals surface area contributed by atoms with Gasteiger partial charge in [-0.1, -0.05) is 42.5 Å². The van der Waals surface area contributed by atoms with Crippen LogP contribution in [0.25, 0.3) is 28.1 Å². The molecule has 0 bridgehead atoms. The average molecular weight is 448 g/mol. The van der Waals surface area contributed by atoms with E-state index < -0.39 is 12.1 Å². The zero-order valence-corrected chi connectivity index (χ0v) is 18.5. The summed E-state index contributed by atoms with van der Waals surface area (Å²) in [6, 6.07) is 14.2. The maximum Gasteiger partial charge on any atom is 0.313 e. The molecule has 1 heterocycles. The lowest BCUT2D eigenvalue weighted by Crippen LogP contribution is -2.16. The molecule has 6 heteroatoms. The molecule has 1 unspecified atom stereocenters. The van der Waals surface area contributed by atoms with Crippen molar-refractivity contribution in [2.75, 3.05) is 6.61 Å². The van der Waals surface area contributed by atoms with Crippen LogP contribution >= 0.6 is 0 Å². The number of halogens is 1. The number of hydrogen-bond donors (Lipinski definition) is 1. The van der Waals surface area contributed by atoms with Crippen molar-refractivity contribution < 1.29 is 23.8 Å². The van der Waals surface area contributed by atoms with E-state index in [1.807, 2.05) is 24.3 Å². The van der Waals surface area contributed by atoms with E-state index in [1.54, 1.807) is 31.2 Å². The zero-order chi connectivity index (χ0) is 23.4. The Labute approximate surface area is 191 Å². The number of esters is 1. The quantitative estimate of drug-likeness (QED) is 0.360. The van der Waals surface area contributed by atoms with Crippen LogP contribution in [0.4, 0.5) is 4.39 Å². The number of para-hydroxylation sites is 1. The SMILES string of the molecule is CCOC(=O)CC(=O)CC(O)C=Cc1c(C2CC2)nc2ccccc2c1-c1ccc(F)cc1. The minimum atomic E-state index is -1.05. The normalized spacial score (nSPS) is 14.5. The summed E-state index contributed by atoms with van der Waals surface area (Å²) < 4.78 is 18.4. The summed E-state index contributed by atoms with van der Waals surface area (Å²) in [4.78, 5) is 28.5. The van der Waals surface area contributed by atoms with E-state index in [4.69, 9.17) is 9.72 Å². The van der Waals surface area contributed by atoms with Gasteiger partial charge >= 0.3 is 5.97 Å². The number of aliphatic hydroxyl groups is 1. The van der Waals surface area contributed by atoms with Gasteiger partial charge in [0.05, 0.1) is 23.9 Å². The molecular formula is C27H26FNO4. The molecule has 33 heavy (non-hydrogen) atoms. The molecule has 1 fully saturated rings. The summed E-state index contributed by atoms with van der Waals surface area (Å²) in [6.45, 7) is 1.88. The van der Waals surface area contributed by atoms with Crippen molar-refractivity contribution in [1.82, 2.24) is 4.98 Å². The second-order valence-electron chi connectivity index (χ2n) is 8.24. The Hall–Kier alpha value is -3.38. The number of ketones is 1. The van der Waals surface area contributed by atoms with Crippen LogP contribution in [-0.4, -0.2) is 34.6 Å². The van der Waals surface area contributed by atoms with Gasteiger partial charge in [0, 0.05) is 28.9 Å². The first-order valence-corrected chi connectivity index (χ1v) is 11.2. The summed E-state index contributed by atoms with van der Waals surface area (Å²) in [5, 5.41) is 11.4. The van der Waals surface area contributed by atoms with Gasteiger partial charge in [-0.15, -0.1) is 0 Å². The van der Waals surface area contributed by atoms with Crippen LogP contribution < -0.4 is 0 Å². The molecule has 1 atom stereocenters. The Morgan fingerprint density at radius 2 is 1.91 bits per heavy atom. The van der Waals surface area contributed by atoms with Crippen LogP contribution in [0.5, 0.6) is 0 Å².